The summed E-state index contributed by atoms with van der Waals surface area (Å²) in [7, 11) is 4.89. The van der Waals surface area contributed by atoms with Crippen LogP contribution >= 0.6 is 11.6 Å². The normalized spacial score (nSPS) is 9.50. The average Bonchev–Trinajstić information content (AvgIpc) is 2.04. The Kier molecular flexibility index (Phi) is 2.55. The molecular weight excluding hydrogens is 178 g/mol. The highest BCUT2D eigenvalue weighted by molar-refractivity contribution is 6.31. The number of nitrogens with two attached hydrogens (primary N) is 1. The van der Waals surface area contributed by atoms with Crippen molar-refractivity contribution >= 4 is 17.5 Å². The third-order valence-electron chi connectivity index (χ3n) is 1.33. The maximum atomic E-state index is 10.8. The van der Waals surface area contributed by atoms with Crippen molar-refractivity contribution in [2.45, 2.75) is 0 Å². The zero-order valence-corrected chi connectivity index (χ0v) is 6.84. The lowest BCUT2D eigenvalue weighted by Crippen LogP contribution is -2.11. The van der Waals surface area contributed by atoms with E-state index in [1.807, 2.05) is 0 Å². The van der Waals surface area contributed by atoms with Crippen molar-refractivity contribution in [3.8, 4) is 5.75 Å². The van der Waals surface area contributed by atoms with Crippen LogP contribution in [0.4, 0.5) is 0 Å². The van der Waals surface area contributed by atoms with Gasteiger partial charge in [-0.3, -0.25) is 4.79 Å². The Morgan fingerprint density at radius 1 is 1.58 bits per heavy atom. The quantitative estimate of drug-likeness (QED) is 0.755. The minimum Gasteiger partial charge on any atom is -0.481 e. The maximum Gasteiger partial charge on any atom is 0.252 e. The molecule has 4 heteroatoms. The molecule has 0 aliphatic heterocycles. The first-order valence-electron chi connectivity index (χ1n) is 3.11. The van der Waals surface area contributed by atoms with Gasteiger partial charge in [-0.1, -0.05) is 11.6 Å². The third-order valence-corrected chi connectivity index (χ3v) is 1.57. The minimum absolute atomic E-state index is 0.171. The number of hydrogen-bond acceptors (Lipinski definition) is 2. The summed E-state index contributed by atoms with van der Waals surface area (Å²) in [4.78, 5) is 10.8. The zero-order chi connectivity index (χ0) is 9.14. The molecule has 2 N–H and O–H groups in total. The standard InChI is InChI=1S/C8H6ClNO2/c1-12-7-3-2-5(9)4-6(7)8(10)11/h1-4H,(H2,10,11). The van der Waals surface area contributed by atoms with E-state index in [0.29, 0.717) is 5.02 Å². The Bertz CT molecular complexity index is 312. The number of carbonyl (C=O) groups is 1. The van der Waals surface area contributed by atoms with Crippen LogP contribution in [0.1, 0.15) is 10.4 Å². The molecule has 0 spiro atoms. The van der Waals surface area contributed by atoms with Crippen LogP contribution in [-0.4, -0.2) is 5.91 Å². The van der Waals surface area contributed by atoms with E-state index in [-0.39, 0.29) is 11.3 Å². The van der Waals surface area contributed by atoms with Gasteiger partial charge < -0.3 is 10.5 Å². The molecule has 1 amide bonds. The third kappa shape index (κ3) is 1.68. The van der Waals surface area contributed by atoms with E-state index in [0.717, 1.165) is 0 Å². The van der Waals surface area contributed by atoms with E-state index in [1.165, 1.54) is 12.1 Å². The molecule has 62 valence electrons. The van der Waals surface area contributed by atoms with Gasteiger partial charge in [-0.15, -0.1) is 0 Å². The summed E-state index contributed by atoms with van der Waals surface area (Å²) in [5.41, 5.74) is 5.20. The van der Waals surface area contributed by atoms with Gasteiger partial charge in [-0.2, -0.15) is 0 Å². The van der Waals surface area contributed by atoms with E-state index in [9.17, 15) is 4.79 Å². The zero-order valence-electron chi connectivity index (χ0n) is 6.08. The fourth-order valence-corrected chi connectivity index (χ4v) is 0.970. The van der Waals surface area contributed by atoms with Gasteiger partial charge in [0.05, 0.1) is 5.56 Å². The molecule has 0 saturated heterocycles. The van der Waals surface area contributed by atoms with Crippen LogP contribution in [0, 0.1) is 7.11 Å². The number of benzene rings is 1. The van der Waals surface area contributed by atoms with Crippen molar-refractivity contribution in [2.24, 2.45) is 5.73 Å². The summed E-state index contributed by atoms with van der Waals surface area (Å²) in [6, 6.07) is 4.42. The van der Waals surface area contributed by atoms with Crippen molar-refractivity contribution < 1.29 is 9.53 Å². The molecule has 3 nitrogen and oxygen atoms in total. The molecule has 0 bridgehead atoms. The molecule has 0 heterocycles. The number of hydrogen-bond donors (Lipinski definition) is 1. The van der Waals surface area contributed by atoms with Gasteiger partial charge >= 0.3 is 0 Å². The molecule has 2 radical (unpaired) electrons. The number of carbonyl (C=O) groups excluding carboxylic acids is 1. The molecule has 0 aliphatic carbocycles. The Morgan fingerprint density at radius 2 is 2.25 bits per heavy atom. The fourth-order valence-electron chi connectivity index (χ4n) is 0.798. The molecule has 1 aromatic carbocycles. The molecule has 0 aromatic heterocycles. The Hall–Kier alpha value is -1.22. The first kappa shape index (κ1) is 8.87. The number of halogens is 1. The lowest BCUT2D eigenvalue weighted by atomic mass is 10.2. The molecule has 0 unspecified atom stereocenters. The van der Waals surface area contributed by atoms with Gasteiger partial charge in [0.1, 0.15) is 5.75 Å². The largest absolute Gasteiger partial charge is 0.481 e. The lowest BCUT2D eigenvalue weighted by molar-refractivity contribution is 0.0998. The summed E-state index contributed by atoms with van der Waals surface area (Å²) in [6.45, 7) is 0. The monoisotopic (exact) mass is 183 g/mol. The number of ether oxygens (including phenoxy) is 1. The number of rotatable bonds is 2. The predicted octanol–water partition coefficient (Wildman–Crippen LogP) is 1.49. The molecule has 0 atom stereocenters. The number of primary amides is 1. The lowest BCUT2D eigenvalue weighted by Gasteiger charge is -2.03. The molecule has 1 rings (SSSR count). The average molecular weight is 184 g/mol. The van der Waals surface area contributed by atoms with Crippen molar-refractivity contribution in [1.82, 2.24) is 0 Å². The highest BCUT2D eigenvalue weighted by Crippen LogP contribution is 2.21. The SMILES string of the molecule is [CH]Oc1ccc(Cl)cc1C(N)=O. The predicted molar refractivity (Wildman–Crippen MR) is 44.9 cm³/mol. The summed E-state index contributed by atoms with van der Waals surface area (Å²) < 4.78 is 4.40. The molecular formula is C8H6ClNO2. The highest BCUT2D eigenvalue weighted by atomic mass is 35.5. The van der Waals surface area contributed by atoms with Gasteiger partial charge in [-0.05, 0) is 18.2 Å². The van der Waals surface area contributed by atoms with E-state index in [4.69, 9.17) is 24.4 Å². The van der Waals surface area contributed by atoms with Crippen LogP contribution in [0.5, 0.6) is 5.75 Å². The van der Waals surface area contributed by atoms with Crippen LogP contribution in [0.25, 0.3) is 0 Å². The Labute approximate surface area is 75.1 Å². The van der Waals surface area contributed by atoms with Gasteiger partial charge in [0, 0.05) is 5.02 Å². The summed E-state index contributed by atoms with van der Waals surface area (Å²) >= 11 is 5.61. The smallest absolute Gasteiger partial charge is 0.252 e. The Morgan fingerprint density at radius 3 is 2.75 bits per heavy atom. The van der Waals surface area contributed by atoms with Gasteiger partial charge in [-0.25, -0.2) is 0 Å². The summed E-state index contributed by atoms with van der Waals surface area (Å²) in [5.74, 6) is -0.412. The summed E-state index contributed by atoms with van der Waals surface area (Å²) in [5, 5.41) is 0.407. The van der Waals surface area contributed by atoms with Gasteiger partial charge in [0.2, 0.25) is 0 Å². The minimum atomic E-state index is -0.627. The van der Waals surface area contributed by atoms with Gasteiger partial charge in [0.25, 0.3) is 5.91 Å². The van der Waals surface area contributed by atoms with E-state index in [2.05, 4.69) is 4.74 Å². The van der Waals surface area contributed by atoms with Crippen LogP contribution in [0.3, 0.4) is 0 Å². The van der Waals surface area contributed by atoms with Gasteiger partial charge in [0.15, 0.2) is 7.11 Å². The van der Waals surface area contributed by atoms with Crippen molar-refractivity contribution in [1.29, 1.82) is 0 Å². The maximum absolute atomic E-state index is 10.8. The van der Waals surface area contributed by atoms with E-state index in [1.54, 1.807) is 6.07 Å². The van der Waals surface area contributed by atoms with Crippen LogP contribution in [0.2, 0.25) is 5.02 Å². The summed E-state index contributed by atoms with van der Waals surface area (Å²) in [6.07, 6.45) is 0. The second-order valence-electron chi connectivity index (χ2n) is 2.12. The second-order valence-corrected chi connectivity index (χ2v) is 2.56. The van der Waals surface area contributed by atoms with Crippen molar-refractivity contribution in [3.63, 3.8) is 0 Å². The molecule has 12 heavy (non-hydrogen) atoms. The van der Waals surface area contributed by atoms with E-state index >= 15 is 0 Å². The molecule has 1 aromatic rings. The first-order chi connectivity index (χ1) is 5.65. The van der Waals surface area contributed by atoms with Crippen LogP contribution in [-0.2, 0) is 0 Å². The molecule has 0 saturated carbocycles. The first-order valence-corrected chi connectivity index (χ1v) is 3.49. The highest BCUT2D eigenvalue weighted by Gasteiger charge is 2.08. The molecule has 0 fully saturated rings. The van der Waals surface area contributed by atoms with Crippen LogP contribution in [0.15, 0.2) is 18.2 Å². The second kappa shape index (κ2) is 3.45. The van der Waals surface area contributed by atoms with Crippen LogP contribution < -0.4 is 10.5 Å². The number of amides is 1. The van der Waals surface area contributed by atoms with Crippen molar-refractivity contribution in [2.75, 3.05) is 0 Å². The topological polar surface area (TPSA) is 52.3 Å². The van der Waals surface area contributed by atoms with Crippen molar-refractivity contribution in [3.05, 3.63) is 35.9 Å². The fraction of sp³-hybridized carbons (Fsp3) is 0. The Balaban J connectivity index is 3.21. The van der Waals surface area contributed by atoms with E-state index < -0.39 is 5.91 Å². The molecule has 0 aliphatic rings.